The van der Waals surface area contributed by atoms with Crippen LogP contribution in [0.25, 0.3) is 17.1 Å². The first-order valence-corrected chi connectivity index (χ1v) is 13.4. The quantitative estimate of drug-likeness (QED) is 0.154. The fourth-order valence-corrected chi connectivity index (χ4v) is 4.65. The number of rotatable bonds is 10. The predicted octanol–water partition coefficient (Wildman–Crippen LogP) is 5.98. The van der Waals surface area contributed by atoms with Crippen LogP contribution in [0.15, 0.2) is 83.1 Å². The van der Waals surface area contributed by atoms with E-state index in [2.05, 4.69) is 51.6 Å². The van der Waals surface area contributed by atoms with E-state index in [1.807, 2.05) is 72.2 Å². The summed E-state index contributed by atoms with van der Waals surface area (Å²) in [6.07, 6.45) is 1.64. The minimum absolute atomic E-state index is 0.142. The van der Waals surface area contributed by atoms with Crippen LogP contribution in [0, 0.1) is 6.92 Å². The highest BCUT2D eigenvalue weighted by molar-refractivity contribution is 7.99. The maximum atomic E-state index is 12.5. The Morgan fingerprint density at radius 2 is 1.68 bits per heavy atom. The average molecular weight is 533 g/mol. The number of aromatic nitrogens is 3. The molecule has 0 fully saturated rings. The lowest BCUT2D eigenvalue weighted by Crippen LogP contribution is -2.21. The first-order chi connectivity index (χ1) is 18.0. The molecule has 0 bridgehead atoms. The topological polar surface area (TPSA) is 75.4 Å². The fourth-order valence-electron chi connectivity index (χ4n) is 3.78. The molecule has 1 N–H and O–H groups in total. The van der Waals surface area contributed by atoms with E-state index >= 15 is 0 Å². The van der Waals surface area contributed by atoms with Crippen molar-refractivity contribution < 1.29 is 4.79 Å². The molecule has 190 valence electrons. The number of carbonyl (C=O) groups excluding carboxylic acids is 1. The Kier molecular flexibility index (Phi) is 8.98. The van der Waals surface area contributed by atoms with Crippen LogP contribution in [0.3, 0.4) is 0 Å². The van der Waals surface area contributed by atoms with Gasteiger partial charge in [-0.1, -0.05) is 53.2 Å². The number of benzene rings is 3. The predicted molar refractivity (Wildman–Crippen MR) is 153 cm³/mol. The number of hydrazone groups is 1. The number of halogens is 1. The minimum atomic E-state index is -0.229. The number of carbonyl (C=O) groups is 1. The summed E-state index contributed by atoms with van der Waals surface area (Å²) in [5, 5.41) is 14.2. The zero-order chi connectivity index (χ0) is 26.2. The summed E-state index contributed by atoms with van der Waals surface area (Å²) in [6, 6.07) is 23.6. The van der Waals surface area contributed by atoms with Gasteiger partial charge in [0.25, 0.3) is 5.91 Å². The van der Waals surface area contributed by atoms with Crippen LogP contribution in [0.4, 0.5) is 5.69 Å². The van der Waals surface area contributed by atoms with E-state index in [-0.39, 0.29) is 11.7 Å². The smallest absolute Gasteiger partial charge is 0.250 e. The Morgan fingerprint density at radius 1 is 1.00 bits per heavy atom. The van der Waals surface area contributed by atoms with Gasteiger partial charge in [0.15, 0.2) is 11.0 Å². The van der Waals surface area contributed by atoms with Crippen LogP contribution in [0.5, 0.6) is 0 Å². The van der Waals surface area contributed by atoms with Crippen LogP contribution < -0.4 is 10.3 Å². The van der Waals surface area contributed by atoms with Gasteiger partial charge in [0.1, 0.15) is 0 Å². The van der Waals surface area contributed by atoms with Gasteiger partial charge < -0.3 is 4.90 Å². The van der Waals surface area contributed by atoms with Crippen molar-refractivity contribution in [1.29, 1.82) is 0 Å². The molecule has 7 nitrogen and oxygen atoms in total. The van der Waals surface area contributed by atoms with Crippen molar-refractivity contribution in [3.63, 3.8) is 0 Å². The minimum Gasteiger partial charge on any atom is -0.372 e. The Balaban J connectivity index is 1.44. The number of thioether (sulfide) groups is 1. The maximum Gasteiger partial charge on any atom is 0.250 e. The Bertz CT molecular complexity index is 1350. The Hall–Kier alpha value is -3.62. The molecule has 0 atom stereocenters. The number of nitrogens with zero attached hydrogens (tertiary/aromatic N) is 5. The highest BCUT2D eigenvalue weighted by Gasteiger charge is 2.17. The fraction of sp³-hybridized carbons (Fsp3) is 0.214. The van der Waals surface area contributed by atoms with Gasteiger partial charge in [-0.2, -0.15) is 5.10 Å². The number of nitrogens with one attached hydrogen (secondary N) is 1. The lowest BCUT2D eigenvalue weighted by molar-refractivity contribution is -0.118. The van der Waals surface area contributed by atoms with E-state index in [1.165, 1.54) is 17.4 Å². The maximum absolute atomic E-state index is 12.5. The van der Waals surface area contributed by atoms with E-state index in [4.69, 9.17) is 11.6 Å². The molecule has 0 saturated heterocycles. The second kappa shape index (κ2) is 12.6. The van der Waals surface area contributed by atoms with Crippen molar-refractivity contribution >= 4 is 41.2 Å². The van der Waals surface area contributed by atoms with Crippen molar-refractivity contribution in [2.24, 2.45) is 5.10 Å². The zero-order valence-electron chi connectivity index (χ0n) is 21.1. The van der Waals surface area contributed by atoms with E-state index in [0.29, 0.717) is 16.0 Å². The number of aryl methyl sites for hydroxylation is 1. The first-order valence-electron chi connectivity index (χ1n) is 12.1. The largest absolute Gasteiger partial charge is 0.372 e. The Morgan fingerprint density at radius 3 is 2.32 bits per heavy atom. The number of anilines is 1. The normalized spacial score (nSPS) is 11.1. The molecule has 4 aromatic rings. The molecule has 0 aliphatic rings. The summed E-state index contributed by atoms with van der Waals surface area (Å²) >= 11 is 7.37. The molecular weight excluding hydrogens is 504 g/mol. The summed E-state index contributed by atoms with van der Waals surface area (Å²) in [4.78, 5) is 14.8. The molecule has 1 heterocycles. The van der Waals surface area contributed by atoms with Crippen molar-refractivity contribution in [3.8, 4) is 17.1 Å². The second-order valence-electron chi connectivity index (χ2n) is 8.33. The molecule has 3 aromatic carbocycles. The standard InChI is InChI=1S/C28H29ClN6OS/c1-4-34(5-2)24-16-8-21(9-17-24)18-30-31-26(36)19-37-28-33-32-27(22-10-12-23(29)13-11-22)35(28)25-14-6-20(3)7-15-25/h6-18H,4-5,19H2,1-3H3,(H,31,36)/b30-18+. The third kappa shape index (κ3) is 6.78. The van der Waals surface area contributed by atoms with Gasteiger partial charge in [-0.25, -0.2) is 5.43 Å². The molecule has 0 radical (unpaired) electrons. The van der Waals surface area contributed by atoms with Gasteiger partial charge in [-0.05, 0) is 74.9 Å². The van der Waals surface area contributed by atoms with Gasteiger partial charge in [0, 0.05) is 35.1 Å². The lowest BCUT2D eigenvalue weighted by atomic mass is 10.2. The van der Waals surface area contributed by atoms with Crippen molar-refractivity contribution in [1.82, 2.24) is 20.2 Å². The Labute approximate surface area is 226 Å². The van der Waals surface area contributed by atoms with Gasteiger partial charge in [0.05, 0.1) is 12.0 Å². The van der Waals surface area contributed by atoms with Crippen LogP contribution >= 0.6 is 23.4 Å². The summed E-state index contributed by atoms with van der Waals surface area (Å²) in [6.45, 7) is 8.21. The molecule has 37 heavy (non-hydrogen) atoms. The van der Waals surface area contributed by atoms with Gasteiger partial charge >= 0.3 is 0 Å². The molecule has 0 aliphatic heterocycles. The first kappa shape index (κ1) is 26.4. The third-order valence-corrected chi connectivity index (χ3v) is 6.97. The van der Waals surface area contributed by atoms with E-state index < -0.39 is 0 Å². The molecule has 0 spiro atoms. The van der Waals surface area contributed by atoms with E-state index in [0.717, 1.165) is 35.5 Å². The van der Waals surface area contributed by atoms with Crippen molar-refractivity contribution in [2.75, 3.05) is 23.7 Å². The summed E-state index contributed by atoms with van der Waals surface area (Å²) in [5.41, 5.74) is 7.62. The summed E-state index contributed by atoms with van der Waals surface area (Å²) in [5.74, 6) is 0.588. The molecule has 0 aliphatic carbocycles. The van der Waals surface area contributed by atoms with Gasteiger partial charge in [0.2, 0.25) is 0 Å². The number of hydrogen-bond donors (Lipinski definition) is 1. The van der Waals surface area contributed by atoms with Crippen LogP contribution in [-0.4, -0.2) is 45.7 Å². The molecular formula is C28H29ClN6OS. The highest BCUT2D eigenvalue weighted by atomic mass is 35.5. The number of hydrogen-bond acceptors (Lipinski definition) is 6. The molecule has 1 aromatic heterocycles. The lowest BCUT2D eigenvalue weighted by Gasteiger charge is -2.20. The van der Waals surface area contributed by atoms with Crippen molar-refractivity contribution in [3.05, 3.63) is 88.9 Å². The highest BCUT2D eigenvalue weighted by Crippen LogP contribution is 2.29. The van der Waals surface area contributed by atoms with Gasteiger partial charge in [-0.15, -0.1) is 10.2 Å². The SMILES string of the molecule is CCN(CC)c1ccc(/C=N/NC(=O)CSc2nnc(-c3ccc(Cl)cc3)n2-c2ccc(C)cc2)cc1. The molecule has 4 rings (SSSR count). The van der Waals surface area contributed by atoms with Gasteiger partial charge in [-0.3, -0.25) is 9.36 Å². The van der Waals surface area contributed by atoms with Crippen LogP contribution in [-0.2, 0) is 4.79 Å². The molecule has 1 amide bonds. The van der Waals surface area contributed by atoms with Crippen molar-refractivity contribution in [2.45, 2.75) is 25.9 Å². The summed E-state index contributed by atoms with van der Waals surface area (Å²) < 4.78 is 1.95. The monoisotopic (exact) mass is 532 g/mol. The van der Waals surface area contributed by atoms with E-state index in [9.17, 15) is 4.79 Å². The average Bonchev–Trinajstić information content (AvgIpc) is 3.34. The van der Waals surface area contributed by atoms with E-state index in [1.54, 1.807) is 6.21 Å². The zero-order valence-corrected chi connectivity index (χ0v) is 22.6. The van der Waals surface area contributed by atoms with Crippen LogP contribution in [0.2, 0.25) is 5.02 Å². The third-order valence-electron chi connectivity index (χ3n) is 5.78. The second-order valence-corrected chi connectivity index (χ2v) is 9.71. The number of amides is 1. The molecule has 0 unspecified atom stereocenters. The summed E-state index contributed by atoms with van der Waals surface area (Å²) in [7, 11) is 0. The van der Waals surface area contributed by atoms with Crippen LogP contribution in [0.1, 0.15) is 25.0 Å². The molecule has 0 saturated carbocycles. The molecule has 9 heteroatoms.